The van der Waals surface area contributed by atoms with Gasteiger partial charge >= 0.3 is 5.97 Å². The SMILES string of the molecule is CCC(C)NC(=O)C(C)NC(C)CCCC(C)C(=O)O. The van der Waals surface area contributed by atoms with Gasteiger partial charge in [0.1, 0.15) is 0 Å². The topological polar surface area (TPSA) is 78.4 Å². The van der Waals surface area contributed by atoms with Crippen molar-refractivity contribution in [2.24, 2.45) is 5.92 Å². The summed E-state index contributed by atoms with van der Waals surface area (Å²) in [6, 6.07) is 0.169. The van der Waals surface area contributed by atoms with Crippen LogP contribution in [-0.4, -0.2) is 35.1 Å². The molecule has 5 heteroatoms. The molecular weight excluding hydrogens is 256 g/mol. The Balaban J connectivity index is 3.92. The molecule has 0 fully saturated rings. The quantitative estimate of drug-likeness (QED) is 0.575. The highest BCUT2D eigenvalue weighted by atomic mass is 16.4. The average Bonchev–Trinajstić information content (AvgIpc) is 2.37. The van der Waals surface area contributed by atoms with E-state index in [1.807, 2.05) is 27.7 Å². The van der Waals surface area contributed by atoms with Gasteiger partial charge in [-0.25, -0.2) is 0 Å². The molecule has 0 heterocycles. The zero-order valence-electron chi connectivity index (χ0n) is 13.4. The van der Waals surface area contributed by atoms with Crippen molar-refractivity contribution >= 4 is 11.9 Å². The first-order valence-electron chi connectivity index (χ1n) is 7.57. The van der Waals surface area contributed by atoms with Gasteiger partial charge in [-0.15, -0.1) is 0 Å². The first-order valence-corrected chi connectivity index (χ1v) is 7.57. The molecule has 0 saturated heterocycles. The molecule has 4 unspecified atom stereocenters. The number of amides is 1. The van der Waals surface area contributed by atoms with Gasteiger partial charge in [-0.2, -0.15) is 0 Å². The Morgan fingerprint density at radius 2 is 1.65 bits per heavy atom. The molecule has 0 aromatic carbocycles. The van der Waals surface area contributed by atoms with Crippen LogP contribution in [0.25, 0.3) is 0 Å². The summed E-state index contributed by atoms with van der Waals surface area (Å²) in [7, 11) is 0. The second-order valence-corrected chi connectivity index (χ2v) is 5.78. The Morgan fingerprint density at radius 1 is 1.05 bits per heavy atom. The summed E-state index contributed by atoms with van der Waals surface area (Å²) in [4.78, 5) is 22.6. The van der Waals surface area contributed by atoms with Crippen LogP contribution in [0.4, 0.5) is 0 Å². The number of carbonyl (C=O) groups excluding carboxylic acids is 1. The van der Waals surface area contributed by atoms with E-state index in [4.69, 9.17) is 5.11 Å². The van der Waals surface area contributed by atoms with E-state index in [0.29, 0.717) is 6.42 Å². The lowest BCUT2D eigenvalue weighted by Crippen LogP contribution is -2.48. The molecule has 0 aromatic rings. The van der Waals surface area contributed by atoms with Crippen LogP contribution >= 0.6 is 0 Å². The standard InChI is InChI=1S/C15H30N2O3/c1-6-11(3)17-14(18)13(5)16-12(4)9-7-8-10(2)15(19)20/h10-13,16H,6-9H2,1-5H3,(H,17,18)(H,19,20). The molecule has 4 atom stereocenters. The van der Waals surface area contributed by atoms with Crippen LogP contribution in [0, 0.1) is 5.92 Å². The predicted molar refractivity (Wildman–Crippen MR) is 80.6 cm³/mol. The van der Waals surface area contributed by atoms with Gasteiger partial charge in [0.05, 0.1) is 12.0 Å². The maximum absolute atomic E-state index is 11.9. The normalized spacial score (nSPS) is 17.1. The van der Waals surface area contributed by atoms with Crippen molar-refractivity contribution in [3.63, 3.8) is 0 Å². The summed E-state index contributed by atoms with van der Waals surface area (Å²) in [5.74, 6) is -1.02. The Kier molecular flexibility index (Phi) is 9.21. The van der Waals surface area contributed by atoms with E-state index >= 15 is 0 Å². The Hall–Kier alpha value is -1.10. The predicted octanol–water partition coefficient (Wildman–Crippen LogP) is 2.16. The van der Waals surface area contributed by atoms with Gasteiger partial charge in [0, 0.05) is 12.1 Å². The number of aliphatic carboxylic acids is 1. The molecule has 0 aliphatic heterocycles. The van der Waals surface area contributed by atoms with Gasteiger partial charge in [0.2, 0.25) is 5.91 Å². The molecular formula is C15H30N2O3. The fourth-order valence-electron chi connectivity index (χ4n) is 1.91. The molecule has 118 valence electrons. The maximum atomic E-state index is 11.9. The number of carboxylic acids is 1. The van der Waals surface area contributed by atoms with Crippen molar-refractivity contribution in [1.29, 1.82) is 0 Å². The third-order valence-corrected chi connectivity index (χ3v) is 3.62. The molecule has 0 bridgehead atoms. The lowest BCUT2D eigenvalue weighted by molar-refractivity contribution is -0.141. The minimum atomic E-state index is -0.744. The van der Waals surface area contributed by atoms with Crippen molar-refractivity contribution in [3.05, 3.63) is 0 Å². The fourth-order valence-corrected chi connectivity index (χ4v) is 1.91. The molecule has 0 aliphatic carbocycles. The summed E-state index contributed by atoms with van der Waals surface area (Å²) in [5.41, 5.74) is 0. The Bertz CT molecular complexity index is 307. The van der Waals surface area contributed by atoms with Crippen LogP contribution in [0.1, 0.15) is 60.3 Å². The van der Waals surface area contributed by atoms with E-state index in [-0.39, 0.29) is 30.0 Å². The molecule has 1 amide bonds. The lowest BCUT2D eigenvalue weighted by atomic mass is 10.0. The molecule has 0 rings (SSSR count). The largest absolute Gasteiger partial charge is 0.481 e. The third-order valence-electron chi connectivity index (χ3n) is 3.62. The maximum Gasteiger partial charge on any atom is 0.306 e. The Labute approximate surface area is 122 Å². The van der Waals surface area contributed by atoms with Crippen LogP contribution in [0.2, 0.25) is 0 Å². The summed E-state index contributed by atoms with van der Waals surface area (Å²) in [6.45, 7) is 9.63. The van der Waals surface area contributed by atoms with Crippen molar-refractivity contribution in [2.45, 2.75) is 78.4 Å². The minimum absolute atomic E-state index is 0.0186. The van der Waals surface area contributed by atoms with Crippen LogP contribution in [0.3, 0.4) is 0 Å². The third kappa shape index (κ3) is 8.15. The highest BCUT2D eigenvalue weighted by molar-refractivity contribution is 5.81. The molecule has 0 saturated carbocycles. The minimum Gasteiger partial charge on any atom is -0.481 e. The first-order chi connectivity index (χ1) is 9.27. The average molecular weight is 286 g/mol. The van der Waals surface area contributed by atoms with E-state index in [2.05, 4.69) is 10.6 Å². The molecule has 3 N–H and O–H groups in total. The van der Waals surface area contributed by atoms with E-state index in [0.717, 1.165) is 19.3 Å². The highest BCUT2D eigenvalue weighted by Gasteiger charge is 2.17. The summed E-state index contributed by atoms with van der Waals surface area (Å²) in [5, 5.41) is 15.0. The molecule has 0 spiro atoms. The van der Waals surface area contributed by atoms with Gasteiger partial charge < -0.3 is 15.7 Å². The summed E-state index contributed by atoms with van der Waals surface area (Å²) >= 11 is 0. The molecule has 0 radical (unpaired) electrons. The summed E-state index contributed by atoms with van der Waals surface area (Å²) < 4.78 is 0. The zero-order valence-corrected chi connectivity index (χ0v) is 13.4. The molecule has 5 nitrogen and oxygen atoms in total. The second kappa shape index (κ2) is 9.75. The van der Waals surface area contributed by atoms with Gasteiger partial charge in [-0.05, 0) is 40.0 Å². The van der Waals surface area contributed by atoms with Crippen molar-refractivity contribution in [2.75, 3.05) is 0 Å². The molecule has 0 aromatic heterocycles. The second-order valence-electron chi connectivity index (χ2n) is 5.78. The van der Waals surface area contributed by atoms with E-state index < -0.39 is 5.97 Å². The number of hydrogen-bond acceptors (Lipinski definition) is 3. The number of carboxylic acid groups (broad SMARTS) is 1. The Morgan fingerprint density at radius 3 is 2.15 bits per heavy atom. The zero-order chi connectivity index (χ0) is 15.7. The van der Waals surface area contributed by atoms with Crippen LogP contribution in [-0.2, 0) is 9.59 Å². The lowest BCUT2D eigenvalue weighted by Gasteiger charge is -2.21. The number of nitrogens with one attached hydrogen (secondary N) is 2. The number of hydrogen-bond donors (Lipinski definition) is 3. The number of rotatable bonds is 10. The van der Waals surface area contributed by atoms with E-state index in [1.165, 1.54) is 0 Å². The van der Waals surface area contributed by atoms with Gasteiger partial charge in [0.25, 0.3) is 0 Å². The van der Waals surface area contributed by atoms with Gasteiger partial charge in [-0.1, -0.05) is 20.3 Å². The van der Waals surface area contributed by atoms with Crippen LogP contribution in [0.15, 0.2) is 0 Å². The van der Waals surface area contributed by atoms with Gasteiger partial charge in [0.15, 0.2) is 0 Å². The summed E-state index contributed by atoms with van der Waals surface area (Å²) in [6.07, 6.45) is 3.32. The fraction of sp³-hybridized carbons (Fsp3) is 0.867. The van der Waals surface area contributed by atoms with E-state index in [9.17, 15) is 9.59 Å². The van der Waals surface area contributed by atoms with E-state index in [1.54, 1.807) is 6.92 Å². The van der Waals surface area contributed by atoms with Crippen LogP contribution < -0.4 is 10.6 Å². The van der Waals surface area contributed by atoms with Crippen LogP contribution in [0.5, 0.6) is 0 Å². The number of carbonyl (C=O) groups is 2. The van der Waals surface area contributed by atoms with Gasteiger partial charge in [-0.3, -0.25) is 9.59 Å². The monoisotopic (exact) mass is 286 g/mol. The van der Waals surface area contributed by atoms with Crippen molar-refractivity contribution < 1.29 is 14.7 Å². The highest BCUT2D eigenvalue weighted by Crippen LogP contribution is 2.10. The van der Waals surface area contributed by atoms with Crippen molar-refractivity contribution in [3.8, 4) is 0 Å². The first kappa shape index (κ1) is 18.9. The molecule has 0 aliphatic rings. The van der Waals surface area contributed by atoms with Crippen molar-refractivity contribution in [1.82, 2.24) is 10.6 Å². The smallest absolute Gasteiger partial charge is 0.306 e. The molecule has 20 heavy (non-hydrogen) atoms.